The van der Waals surface area contributed by atoms with Gasteiger partial charge in [0.1, 0.15) is 4.88 Å². The third kappa shape index (κ3) is 3.32. The second-order valence-electron chi connectivity index (χ2n) is 4.58. The van der Waals surface area contributed by atoms with Crippen LogP contribution in [0.1, 0.15) is 40.9 Å². The number of ether oxygens (including phenoxy) is 1. The van der Waals surface area contributed by atoms with Crippen LogP contribution >= 0.6 is 23.1 Å². The highest BCUT2D eigenvalue weighted by molar-refractivity contribution is 8.00. The molecule has 2 heterocycles. The zero-order valence-electron chi connectivity index (χ0n) is 11.8. The molecule has 1 unspecified atom stereocenters. The first kappa shape index (κ1) is 15.3. The minimum absolute atomic E-state index is 0.142. The molecule has 0 saturated carbocycles. The number of aromatic nitrogens is 1. The zero-order chi connectivity index (χ0) is 14.7. The summed E-state index contributed by atoms with van der Waals surface area (Å²) in [6, 6.07) is 0. The number of esters is 1. The first-order chi connectivity index (χ1) is 9.52. The van der Waals surface area contributed by atoms with Crippen molar-refractivity contribution < 1.29 is 14.3 Å². The molecule has 1 aromatic heterocycles. The molecule has 0 bridgehead atoms. The minimum atomic E-state index is -0.514. The molecule has 110 valence electrons. The second kappa shape index (κ2) is 6.58. The Balaban J connectivity index is 2.29. The van der Waals surface area contributed by atoms with E-state index < -0.39 is 5.97 Å². The van der Waals surface area contributed by atoms with Crippen LogP contribution in [0.5, 0.6) is 0 Å². The predicted molar refractivity (Wildman–Crippen MR) is 82.2 cm³/mol. The van der Waals surface area contributed by atoms with E-state index in [1.165, 1.54) is 18.3 Å². The van der Waals surface area contributed by atoms with Crippen LogP contribution in [0, 0.1) is 0 Å². The highest BCUT2D eigenvalue weighted by Crippen LogP contribution is 2.30. The van der Waals surface area contributed by atoms with Crippen LogP contribution in [0.25, 0.3) is 0 Å². The fraction of sp³-hybridized carbons (Fsp3) is 0.615. The Morgan fingerprint density at radius 2 is 2.25 bits per heavy atom. The molecule has 1 saturated heterocycles. The van der Waals surface area contributed by atoms with Crippen molar-refractivity contribution in [3.8, 4) is 0 Å². The maximum absolute atomic E-state index is 11.9. The van der Waals surface area contributed by atoms with Crippen molar-refractivity contribution in [2.75, 3.05) is 30.3 Å². The summed E-state index contributed by atoms with van der Waals surface area (Å²) in [6.45, 7) is 7.42. The van der Waals surface area contributed by atoms with Gasteiger partial charge in [0.15, 0.2) is 16.6 Å². The molecule has 1 atom stereocenters. The van der Waals surface area contributed by atoms with E-state index in [2.05, 4.69) is 16.8 Å². The van der Waals surface area contributed by atoms with Gasteiger partial charge in [0.25, 0.3) is 0 Å². The number of thioether (sulfide) groups is 1. The Labute approximate surface area is 126 Å². The molecule has 5 nitrogen and oxygen atoms in total. The van der Waals surface area contributed by atoms with Gasteiger partial charge in [-0.2, -0.15) is 11.8 Å². The molecule has 0 aromatic carbocycles. The number of hydrogen-bond acceptors (Lipinski definition) is 7. The van der Waals surface area contributed by atoms with Crippen molar-refractivity contribution in [3.63, 3.8) is 0 Å². The summed E-state index contributed by atoms with van der Waals surface area (Å²) < 4.78 is 4.97. The third-order valence-electron chi connectivity index (χ3n) is 2.92. The van der Waals surface area contributed by atoms with Crippen molar-refractivity contribution in [1.82, 2.24) is 4.98 Å². The fourth-order valence-electron chi connectivity index (χ4n) is 2.01. The van der Waals surface area contributed by atoms with Crippen LogP contribution in [0.3, 0.4) is 0 Å². The Bertz CT molecular complexity index is 516. The number of anilines is 1. The topological polar surface area (TPSA) is 59.5 Å². The Kier molecular flexibility index (Phi) is 5.04. The van der Waals surface area contributed by atoms with E-state index in [-0.39, 0.29) is 18.1 Å². The molecule has 2 rings (SSSR count). The van der Waals surface area contributed by atoms with Crippen molar-refractivity contribution in [2.45, 2.75) is 26.0 Å². The lowest BCUT2D eigenvalue weighted by molar-refractivity contribution is 0.0517. The van der Waals surface area contributed by atoms with Crippen molar-refractivity contribution in [1.29, 1.82) is 0 Å². The van der Waals surface area contributed by atoms with E-state index in [1.54, 1.807) is 6.92 Å². The number of carbonyl (C=O) groups is 2. The number of ketones is 1. The maximum atomic E-state index is 11.9. The van der Waals surface area contributed by atoms with Gasteiger partial charge in [-0.3, -0.25) is 4.79 Å². The zero-order valence-corrected chi connectivity index (χ0v) is 13.5. The molecular formula is C13H18N2O3S2. The quantitative estimate of drug-likeness (QED) is 0.628. The average Bonchev–Trinajstić information content (AvgIpc) is 2.84. The number of Topliss-reactive ketones (excluding diaryl/α,β-unsaturated/α-hetero) is 1. The number of nitrogens with zero attached hydrogens (tertiary/aromatic N) is 2. The van der Waals surface area contributed by atoms with Gasteiger partial charge in [0.05, 0.1) is 6.61 Å². The van der Waals surface area contributed by atoms with E-state index >= 15 is 0 Å². The Morgan fingerprint density at radius 1 is 1.50 bits per heavy atom. The fourth-order valence-corrected chi connectivity index (χ4v) is 4.01. The van der Waals surface area contributed by atoms with Crippen LogP contribution in [0.4, 0.5) is 5.13 Å². The molecule has 1 aliphatic heterocycles. The standard InChI is InChI=1S/C13H18N2O3S2/c1-4-18-12(17)10-11(9(3)16)20-13(14-10)15-5-6-19-8(2)7-15/h8H,4-7H2,1-3H3. The monoisotopic (exact) mass is 314 g/mol. The van der Waals surface area contributed by atoms with Gasteiger partial charge < -0.3 is 9.64 Å². The molecule has 20 heavy (non-hydrogen) atoms. The Hall–Kier alpha value is -1.08. The number of thiazole rings is 1. The number of carbonyl (C=O) groups excluding carboxylic acids is 2. The third-order valence-corrected chi connectivity index (χ3v) is 5.27. The van der Waals surface area contributed by atoms with Gasteiger partial charge in [0.2, 0.25) is 0 Å². The summed E-state index contributed by atoms with van der Waals surface area (Å²) in [5.74, 6) is 0.376. The van der Waals surface area contributed by atoms with Crippen molar-refractivity contribution >= 4 is 40.0 Å². The first-order valence-electron chi connectivity index (χ1n) is 6.58. The summed E-state index contributed by atoms with van der Waals surface area (Å²) in [5.41, 5.74) is 0.158. The summed E-state index contributed by atoms with van der Waals surface area (Å²) in [7, 11) is 0. The molecule has 1 fully saturated rings. The first-order valence-corrected chi connectivity index (χ1v) is 8.44. The molecule has 1 aliphatic rings. The van der Waals surface area contributed by atoms with Crippen LogP contribution in [-0.4, -0.2) is 47.4 Å². The van der Waals surface area contributed by atoms with Gasteiger partial charge in [-0.1, -0.05) is 18.3 Å². The van der Waals surface area contributed by atoms with Crippen molar-refractivity contribution in [3.05, 3.63) is 10.6 Å². The molecule has 1 aromatic rings. The van der Waals surface area contributed by atoms with E-state index in [9.17, 15) is 9.59 Å². The second-order valence-corrected chi connectivity index (χ2v) is 7.10. The molecular weight excluding hydrogens is 296 g/mol. The SMILES string of the molecule is CCOC(=O)c1nc(N2CCSC(C)C2)sc1C(C)=O. The lowest BCUT2D eigenvalue weighted by Crippen LogP contribution is -2.36. The van der Waals surface area contributed by atoms with Crippen LogP contribution in [-0.2, 0) is 4.74 Å². The predicted octanol–water partition coefficient (Wildman–Crippen LogP) is 2.46. The van der Waals surface area contributed by atoms with E-state index in [0.29, 0.717) is 10.1 Å². The normalized spacial score (nSPS) is 18.9. The van der Waals surface area contributed by atoms with E-state index in [0.717, 1.165) is 24.0 Å². The molecule has 0 aliphatic carbocycles. The maximum Gasteiger partial charge on any atom is 0.358 e. The highest BCUT2D eigenvalue weighted by atomic mass is 32.2. The lowest BCUT2D eigenvalue weighted by atomic mass is 10.3. The van der Waals surface area contributed by atoms with Gasteiger partial charge in [-0.05, 0) is 6.92 Å². The van der Waals surface area contributed by atoms with Gasteiger partial charge in [-0.15, -0.1) is 0 Å². The Morgan fingerprint density at radius 3 is 2.85 bits per heavy atom. The smallest absolute Gasteiger partial charge is 0.358 e. The molecule has 0 radical (unpaired) electrons. The van der Waals surface area contributed by atoms with Crippen molar-refractivity contribution in [2.24, 2.45) is 0 Å². The highest BCUT2D eigenvalue weighted by Gasteiger charge is 2.26. The van der Waals surface area contributed by atoms with Gasteiger partial charge in [-0.25, -0.2) is 9.78 Å². The number of hydrogen-bond donors (Lipinski definition) is 0. The summed E-state index contributed by atoms with van der Waals surface area (Å²) in [6.07, 6.45) is 0. The largest absolute Gasteiger partial charge is 0.461 e. The van der Waals surface area contributed by atoms with E-state index in [4.69, 9.17) is 4.74 Å². The summed E-state index contributed by atoms with van der Waals surface area (Å²) in [5, 5.41) is 1.27. The van der Waals surface area contributed by atoms with Gasteiger partial charge >= 0.3 is 5.97 Å². The minimum Gasteiger partial charge on any atom is -0.461 e. The molecule has 0 N–H and O–H groups in total. The lowest BCUT2D eigenvalue weighted by Gasteiger charge is -2.30. The van der Waals surface area contributed by atoms with E-state index in [1.807, 2.05) is 11.8 Å². The van der Waals surface area contributed by atoms with Crippen LogP contribution in [0.15, 0.2) is 0 Å². The van der Waals surface area contributed by atoms with Gasteiger partial charge in [0, 0.05) is 31.0 Å². The molecule has 0 amide bonds. The van der Waals surface area contributed by atoms with Crippen LogP contribution < -0.4 is 4.90 Å². The number of rotatable bonds is 4. The van der Waals surface area contributed by atoms with Crippen LogP contribution in [0.2, 0.25) is 0 Å². The molecule has 7 heteroatoms. The molecule has 0 spiro atoms. The summed E-state index contributed by atoms with van der Waals surface area (Å²) >= 11 is 3.21. The average molecular weight is 314 g/mol. The summed E-state index contributed by atoms with van der Waals surface area (Å²) in [4.78, 5) is 30.4.